The minimum absolute atomic E-state index is 0.316. The van der Waals surface area contributed by atoms with E-state index < -0.39 is 0 Å². The lowest BCUT2D eigenvalue weighted by Gasteiger charge is -2.24. The Morgan fingerprint density at radius 3 is 2.37 bits per heavy atom. The fourth-order valence-corrected chi connectivity index (χ4v) is 2.98. The molecule has 1 fully saturated rings. The van der Waals surface area contributed by atoms with Gasteiger partial charge in [-0.3, -0.25) is 0 Å². The summed E-state index contributed by atoms with van der Waals surface area (Å²) in [4.78, 5) is 0. The van der Waals surface area contributed by atoms with Crippen molar-refractivity contribution >= 4 is 0 Å². The van der Waals surface area contributed by atoms with Crippen LogP contribution in [0, 0.1) is 5.92 Å². The number of rotatable bonds is 5. The molecule has 19 heavy (non-hydrogen) atoms. The number of benzene rings is 1. The van der Waals surface area contributed by atoms with Crippen LogP contribution in [0.3, 0.4) is 0 Å². The molecule has 1 heterocycles. The van der Waals surface area contributed by atoms with E-state index in [4.69, 9.17) is 4.74 Å². The highest BCUT2D eigenvalue weighted by molar-refractivity contribution is 5.26. The van der Waals surface area contributed by atoms with Crippen molar-refractivity contribution in [2.45, 2.75) is 58.3 Å². The van der Waals surface area contributed by atoms with Crippen LogP contribution in [0.4, 0.5) is 0 Å². The first-order chi connectivity index (χ1) is 9.10. The summed E-state index contributed by atoms with van der Waals surface area (Å²) in [6, 6.07) is 9.35. The Bertz CT molecular complexity index is 385. The van der Waals surface area contributed by atoms with Gasteiger partial charge in [-0.15, -0.1) is 0 Å². The van der Waals surface area contributed by atoms with Crippen molar-refractivity contribution in [3.05, 3.63) is 35.4 Å². The molecular formula is C17H27NO. The maximum absolute atomic E-state index is 6.00. The first-order valence-corrected chi connectivity index (χ1v) is 7.51. The van der Waals surface area contributed by atoms with Crippen LogP contribution >= 0.6 is 0 Å². The summed E-state index contributed by atoms with van der Waals surface area (Å²) in [6.45, 7) is 6.69. The number of ether oxygens (including phenoxy) is 1. The van der Waals surface area contributed by atoms with Crippen LogP contribution in [0.25, 0.3) is 0 Å². The van der Waals surface area contributed by atoms with Gasteiger partial charge in [0.15, 0.2) is 0 Å². The van der Waals surface area contributed by atoms with Crippen LogP contribution in [-0.2, 0) is 11.2 Å². The molecule has 0 amide bonds. The van der Waals surface area contributed by atoms with Crippen LogP contribution in [0.1, 0.15) is 50.8 Å². The Labute approximate surface area is 117 Å². The largest absolute Gasteiger partial charge is 0.373 e. The van der Waals surface area contributed by atoms with Crippen molar-refractivity contribution in [1.29, 1.82) is 0 Å². The molecule has 0 saturated carbocycles. The third-order valence-corrected chi connectivity index (χ3v) is 3.93. The SMILES string of the molecule is CNC(c1ccc(CC(C)C)cc1)C1CCC(C)O1. The second-order valence-corrected chi connectivity index (χ2v) is 6.17. The van der Waals surface area contributed by atoms with E-state index in [9.17, 15) is 0 Å². The fraction of sp³-hybridized carbons (Fsp3) is 0.647. The molecule has 1 aromatic carbocycles. The summed E-state index contributed by atoms with van der Waals surface area (Å²) in [5, 5.41) is 3.42. The van der Waals surface area contributed by atoms with Crippen molar-refractivity contribution in [2.75, 3.05) is 7.05 Å². The normalized spacial score (nSPS) is 24.9. The molecule has 106 valence electrons. The molecule has 3 atom stereocenters. The Morgan fingerprint density at radius 2 is 1.89 bits per heavy atom. The van der Waals surface area contributed by atoms with E-state index in [-0.39, 0.29) is 0 Å². The summed E-state index contributed by atoms with van der Waals surface area (Å²) in [7, 11) is 2.03. The highest BCUT2D eigenvalue weighted by Crippen LogP contribution is 2.30. The third-order valence-electron chi connectivity index (χ3n) is 3.93. The predicted octanol–water partition coefficient (Wildman–Crippen LogP) is 3.71. The highest BCUT2D eigenvalue weighted by Gasteiger charge is 2.29. The first kappa shape index (κ1) is 14.5. The maximum atomic E-state index is 6.00. The summed E-state index contributed by atoms with van der Waals surface area (Å²) >= 11 is 0. The fourth-order valence-electron chi connectivity index (χ4n) is 2.98. The Morgan fingerprint density at radius 1 is 1.21 bits per heavy atom. The standard InChI is InChI=1S/C17H27NO/c1-12(2)11-14-6-8-15(9-7-14)17(18-4)16-10-5-13(3)19-16/h6-9,12-13,16-18H,5,10-11H2,1-4H3. The monoisotopic (exact) mass is 261 g/mol. The van der Waals surface area contributed by atoms with E-state index in [1.54, 1.807) is 0 Å². The molecule has 1 aliphatic rings. The molecule has 0 bridgehead atoms. The van der Waals surface area contributed by atoms with Crippen molar-refractivity contribution in [1.82, 2.24) is 5.32 Å². The molecular weight excluding hydrogens is 234 g/mol. The maximum Gasteiger partial charge on any atom is 0.0774 e. The molecule has 2 nitrogen and oxygen atoms in total. The first-order valence-electron chi connectivity index (χ1n) is 7.51. The molecule has 0 aromatic heterocycles. The van der Waals surface area contributed by atoms with E-state index in [2.05, 4.69) is 50.4 Å². The molecule has 2 heteroatoms. The van der Waals surface area contributed by atoms with E-state index in [1.165, 1.54) is 17.5 Å². The summed E-state index contributed by atoms with van der Waals surface area (Å²) < 4.78 is 6.00. The van der Waals surface area contributed by atoms with Gasteiger partial charge in [-0.2, -0.15) is 0 Å². The van der Waals surface area contributed by atoms with E-state index in [0.29, 0.717) is 24.2 Å². The lowest BCUT2D eigenvalue weighted by atomic mass is 9.96. The van der Waals surface area contributed by atoms with Gasteiger partial charge in [0.2, 0.25) is 0 Å². The number of likely N-dealkylation sites (N-methyl/N-ethyl adjacent to an activating group) is 1. The van der Waals surface area contributed by atoms with Gasteiger partial charge < -0.3 is 10.1 Å². The van der Waals surface area contributed by atoms with Crippen molar-refractivity contribution < 1.29 is 4.74 Å². The Balaban J connectivity index is 2.06. The molecule has 0 spiro atoms. The van der Waals surface area contributed by atoms with Crippen molar-refractivity contribution in [3.63, 3.8) is 0 Å². The second-order valence-electron chi connectivity index (χ2n) is 6.17. The van der Waals surface area contributed by atoms with Gasteiger partial charge in [-0.25, -0.2) is 0 Å². The van der Waals surface area contributed by atoms with Gasteiger partial charge in [0.1, 0.15) is 0 Å². The average molecular weight is 261 g/mol. The molecule has 1 N–H and O–H groups in total. The summed E-state index contributed by atoms with van der Waals surface area (Å²) in [6.07, 6.45) is 4.20. The molecule has 1 aliphatic heterocycles. The van der Waals surface area contributed by atoms with Crippen molar-refractivity contribution in [3.8, 4) is 0 Å². The van der Waals surface area contributed by atoms with Crippen LogP contribution in [0.2, 0.25) is 0 Å². The summed E-state index contributed by atoms with van der Waals surface area (Å²) in [5.41, 5.74) is 2.77. The number of hydrogen-bond donors (Lipinski definition) is 1. The van der Waals surface area contributed by atoms with Crippen LogP contribution in [0.15, 0.2) is 24.3 Å². The van der Waals surface area contributed by atoms with E-state index in [0.717, 1.165) is 12.8 Å². The minimum Gasteiger partial charge on any atom is -0.373 e. The van der Waals surface area contributed by atoms with Crippen LogP contribution in [0.5, 0.6) is 0 Å². The van der Waals surface area contributed by atoms with Crippen molar-refractivity contribution in [2.24, 2.45) is 5.92 Å². The average Bonchev–Trinajstić information content (AvgIpc) is 2.78. The quantitative estimate of drug-likeness (QED) is 0.872. The molecule has 3 unspecified atom stereocenters. The van der Waals surface area contributed by atoms with Gasteiger partial charge in [0, 0.05) is 0 Å². The second kappa shape index (κ2) is 6.53. The zero-order valence-electron chi connectivity index (χ0n) is 12.6. The van der Waals surface area contributed by atoms with Gasteiger partial charge in [-0.05, 0) is 50.3 Å². The minimum atomic E-state index is 0.316. The molecule has 1 saturated heterocycles. The lowest BCUT2D eigenvalue weighted by molar-refractivity contribution is 0.0333. The van der Waals surface area contributed by atoms with Gasteiger partial charge in [0.25, 0.3) is 0 Å². The molecule has 2 rings (SSSR count). The van der Waals surface area contributed by atoms with E-state index >= 15 is 0 Å². The topological polar surface area (TPSA) is 21.3 Å². The van der Waals surface area contributed by atoms with Gasteiger partial charge in [0.05, 0.1) is 18.2 Å². The number of hydrogen-bond acceptors (Lipinski definition) is 2. The zero-order chi connectivity index (χ0) is 13.8. The van der Waals surface area contributed by atoms with E-state index in [1.807, 2.05) is 7.05 Å². The zero-order valence-corrected chi connectivity index (χ0v) is 12.6. The smallest absolute Gasteiger partial charge is 0.0774 e. The molecule has 0 aliphatic carbocycles. The summed E-state index contributed by atoms with van der Waals surface area (Å²) in [5.74, 6) is 0.713. The number of nitrogens with one attached hydrogen (secondary N) is 1. The van der Waals surface area contributed by atoms with Gasteiger partial charge >= 0.3 is 0 Å². The lowest BCUT2D eigenvalue weighted by Crippen LogP contribution is -2.29. The molecule has 1 aromatic rings. The van der Waals surface area contributed by atoms with Crippen LogP contribution in [-0.4, -0.2) is 19.3 Å². The van der Waals surface area contributed by atoms with Gasteiger partial charge in [-0.1, -0.05) is 38.1 Å². The Hall–Kier alpha value is -0.860. The third kappa shape index (κ3) is 3.80. The Kier molecular flexibility index (Phi) is 5.00. The predicted molar refractivity (Wildman–Crippen MR) is 80.4 cm³/mol. The highest BCUT2D eigenvalue weighted by atomic mass is 16.5. The molecule has 0 radical (unpaired) electrons. The van der Waals surface area contributed by atoms with Crippen LogP contribution < -0.4 is 5.32 Å².